The fourth-order valence-electron chi connectivity index (χ4n) is 2.77. The van der Waals surface area contributed by atoms with Crippen LogP contribution in [0.15, 0.2) is 22.7 Å². The summed E-state index contributed by atoms with van der Waals surface area (Å²) in [7, 11) is 0. The molecule has 0 spiro atoms. The third kappa shape index (κ3) is 3.73. The highest BCUT2D eigenvalue weighted by molar-refractivity contribution is 9.10. The molecule has 1 aromatic carbocycles. The van der Waals surface area contributed by atoms with Gasteiger partial charge in [-0.1, -0.05) is 34.8 Å². The van der Waals surface area contributed by atoms with Crippen LogP contribution < -0.4 is 5.32 Å². The highest BCUT2D eigenvalue weighted by Gasteiger charge is 2.33. The number of benzene rings is 1. The molecule has 19 heavy (non-hydrogen) atoms. The van der Waals surface area contributed by atoms with Gasteiger partial charge in [0.25, 0.3) is 0 Å². The molecule has 1 fully saturated rings. The number of halogens is 2. The highest BCUT2D eigenvalue weighted by Crippen LogP contribution is 2.40. The molecule has 4 heteroatoms. The Morgan fingerprint density at radius 2 is 2.11 bits per heavy atom. The summed E-state index contributed by atoms with van der Waals surface area (Å²) in [5, 5.41) is 3.52. The third-order valence-electron chi connectivity index (χ3n) is 4.11. The van der Waals surface area contributed by atoms with Crippen molar-refractivity contribution in [3.05, 3.63) is 34.1 Å². The minimum Gasteiger partial charge on any atom is -0.309 e. The predicted octanol–water partition coefficient (Wildman–Crippen LogP) is 4.91. The zero-order valence-electron chi connectivity index (χ0n) is 11.5. The van der Waals surface area contributed by atoms with Gasteiger partial charge < -0.3 is 5.32 Å². The Morgan fingerprint density at radius 1 is 1.42 bits per heavy atom. The van der Waals surface area contributed by atoms with E-state index in [2.05, 4.69) is 27.5 Å². The Morgan fingerprint density at radius 3 is 2.68 bits per heavy atom. The van der Waals surface area contributed by atoms with Crippen molar-refractivity contribution < 1.29 is 4.39 Å². The molecule has 106 valence electrons. The average Bonchev–Trinajstić information content (AvgIpc) is 2.85. The minimum atomic E-state index is -0.140. The predicted molar refractivity (Wildman–Crippen MR) is 85.2 cm³/mol. The first kappa shape index (κ1) is 15.3. The van der Waals surface area contributed by atoms with Crippen molar-refractivity contribution in [2.75, 3.05) is 12.8 Å². The summed E-state index contributed by atoms with van der Waals surface area (Å²) < 4.78 is 15.1. The van der Waals surface area contributed by atoms with E-state index < -0.39 is 0 Å². The lowest BCUT2D eigenvalue weighted by atomic mass is 10.0. The number of nitrogens with one attached hydrogen (secondary N) is 1. The number of thioether (sulfide) groups is 1. The van der Waals surface area contributed by atoms with Gasteiger partial charge in [-0.05, 0) is 38.2 Å². The second-order valence-electron chi connectivity index (χ2n) is 5.36. The molecule has 0 aromatic heterocycles. The van der Waals surface area contributed by atoms with Gasteiger partial charge in [0, 0.05) is 27.4 Å². The van der Waals surface area contributed by atoms with Gasteiger partial charge in [-0.3, -0.25) is 0 Å². The van der Waals surface area contributed by atoms with Crippen LogP contribution in [-0.4, -0.2) is 17.5 Å². The van der Waals surface area contributed by atoms with Gasteiger partial charge in [-0.2, -0.15) is 11.8 Å². The zero-order chi connectivity index (χ0) is 13.9. The van der Waals surface area contributed by atoms with Crippen molar-refractivity contribution in [2.24, 2.45) is 0 Å². The van der Waals surface area contributed by atoms with Crippen molar-refractivity contribution in [1.29, 1.82) is 0 Å². The van der Waals surface area contributed by atoms with E-state index in [-0.39, 0.29) is 11.9 Å². The first-order valence-electron chi connectivity index (χ1n) is 6.80. The third-order valence-corrected chi connectivity index (χ3v) is 6.02. The Kier molecular flexibility index (Phi) is 5.32. The van der Waals surface area contributed by atoms with E-state index in [1.807, 2.05) is 30.8 Å². The van der Waals surface area contributed by atoms with E-state index in [1.54, 1.807) is 0 Å². The SMILES string of the molecule is CSC1(CNC(C)c2ccc(Br)cc2F)CCCC1. The Bertz CT molecular complexity index is 432. The van der Waals surface area contributed by atoms with Crippen LogP contribution in [0.2, 0.25) is 0 Å². The van der Waals surface area contributed by atoms with Gasteiger partial charge in [-0.25, -0.2) is 4.39 Å². The van der Waals surface area contributed by atoms with Crippen molar-refractivity contribution in [1.82, 2.24) is 5.32 Å². The first-order chi connectivity index (χ1) is 9.06. The molecular weight excluding hydrogens is 325 g/mol. The number of hydrogen-bond acceptors (Lipinski definition) is 2. The molecule has 0 aliphatic heterocycles. The molecular formula is C15H21BrFNS. The maximum atomic E-state index is 13.9. The molecule has 1 N–H and O–H groups in total. The van der Waals surface area contributed by atoms with Crippen LogP contribution in [0.4, 0.5) is 4.39 Å². The van der Waals surface area contributed by atoms with E-state index in [0.717, 1.165) is 16.6 Å². The van der Waals surface area contributed by atoms with Crippen molar-refractivity contribution in [3.8, 4) is 0 Å². The van der Waals surface area contributed by atoms with Crippen LogP contribution in [0.3, 0.4) is 0 Å². The summed E-state index contributed by atoms with van der Waals surface area (Å²) in [4.78, 5) is 0. The standard InChI is InChI=1S/C15H21BrFNS/c1-11(13-6-5-12(16)9-14(13)17)18-10-15(19-2)7-3-4-8-15/h5-6,9,11,18H,3-4,7-8,10H2,1-2H3. The normalized spacial score (nSPS) is 19.6. The van der Waals surface area contributed by atoms with Crippen molar-refractivity contribution in [3.63, 3.8) is 0 Å². The summed E-state index contributed by atoms with van der Waals surface area (Å²) in [6.45, 7) is 3.00. The summed E-state index contributed by atoms with van der Waals surface area (Å²) in [5.41, 5.74) is 0.748. The van der Waals surface area contributed by atoms with Crippen LogP contribution in [0.1, 0.15) is 44.2 Å². The number of hydrogen-bond donors (Lipinski definition) is 1. The van der Waals surface area contributed by atoms with Crippen LogP contribution in [-0.2, 0) is 0 Å². The maximum Gasteiger partial charge on any atom is 0.129 e. The lowest BCUT2D eigenvalue weighted by Gasteiger charge is -2.29. The van der Waals surface area contributed by atoms with Gasteiger partial charge in [0.15, 0.2) is 0 Å². The molecule has 1 aliphatic rings. The van der Waals surface area contributed by atoms with E-state index in [1.165, 1.54) is 31.7 Å². The van der Waals surface area contributed by atoms with Gasteiger partial charge in [0.05, 0.1) is 0 Å². The molecule has 0 amide bonds. The number of rotatable bonds is 5. The monoisotopic (exact) mass is 345 g/mol. The maximum absolute atomic E-state index is 13.9. The van der Waals surface area contributed by atoms with Crippen LogP contribution >= 0.6 is 27.7 Å². The molecule has 2 rings (SSSR count). The van der Waals surface area contributed by atoms with Crippen LogP contribution in [0.25, 0.3) is 0 Å². The molecule has 0 heterocycles. The van der Waals surface area contributed by atoms with Gasteiger partial charge in [0.1, 0.15) is 5.82 Å². The topological polar surface area (TPSA) is 12.0 Å². The molecule has 1 atom stereocenters. The van der Waals surface area contributed by atoms with Gasteiger partial charge >= 0.3 is 0 Å². The summed E-state index contributed by atoms with van der Waals surface area (Å²) in [5.74, 6) is -0.140. The Hall–Kier alpha value is -0.0600. The molecule has 1 nitrogen and oxygen atoms in total. The summed E-state index contributed by atoms with van der Waals surface area (Å²) in [6.07, 6.45) is 7.39. The summed E-state index contributed by atoms with van der Waals surface area (Å²) >= 11 is 5.25. The first-order valence-corrected chi connectivity index (χ1v) is 8.82. The fraction of sp³-hybridized carbons (Fsp3) is 0.600. The fourth-order valence-corrected chi connectivity index (χ4v) is 4.03. The minimum absolute atomic E-state index is 0.0534. The molecule has 0 bridgehead atoms. The molecule has 1 aliphatic carbocycles. The molecule has 0 radical (unpaired) electrons. The lowest BCUT2D eigenvalue weighted by Crippen LogP contribution is -2.36. The Balaban J connectivity index is 1.99. The van der Waals surface area contributed by atoms with Crippen LogP contribution in [0, 0.1) is 5.82 Å². The van der Waals surface area contributed by atoms with E-state index >= 15 is 0 Å². The average molecular weight is 346 g/mol. The van der Waals surface area contributed by atoms with Crippen LogP contribution in [0.5, 0.6) is 0 Å². The molecule has 1 aromatic rings. The second-order valence-corrected chi connectivity index (χ2v) is 7.55. The van der Waals surface area contributed by atoms with Gasteiger partial charge in [0.2, 0.25) is 0 Å². The second kappa shape index (κ2) is 6.59. The lowest BCUT2D eigenvalue weighted by molar-refractivity contribution is 0.472. The molecule has 1 unspecified atom stereocenters. The van der Waals surface area contributed by atoms with Crippen molar-refractivity contribution in [2.45, 2.75) is 43.4 Å². The van der Waals surface area contributed by atoms with Crippen molar-refractivity contribution >= 4 is 27.7 Å². The van der Waals surface area contributed by atoms with E-state index in [4.69, 9.17) is 0 Å². The van der Waals surface area contributed by atoms with E-state index in [0.29, 0.717) is 4.75 Å². The molecule has 0 saturated heterocycles. The summed E-state index contributed by atoms with van der Waals surface area (Å²) in [6, 6.07) is 5.35. The zero-order valence-corrected chi connectivity index (χ0v) is 13.9. The largest absolute Gasteiger partial charge is 0.309 e. The van der Waals surface area contributed by atoms with E-state index in [9.17, 15) is 4.39 Å². The molecule has 1 saturated carbocycles. The smallest absolute Gasteiger partial charge is 0.129 e. The van der Waals surface area contributed by atoms with Gasteiger partial charge in [-0.15, -0.1) is 0 Å². The quantitative estimate of drug-likeness (QED) is 0.813. The highest BCUT2D eigenvalue weighted by atomic mass is 79.9. The Labute approximate surface area is 127 Å².